The van der Waals surface area contributed by atoms with Crippen LogP contribution in [0.4, 0.5) is 5.69 Å². The van der Waals surface area contributed by atoms with Crippen LogP contribution in [0.1, 0.15) is 30.8 Å². The van der Waals surface area contributed by atoms with E-state index in [2.05, 4.69) is 47.6 Å². The zero-order valence-electron chi connectivity index (χ0n) is 12.0. The molecule has 106 valence electrons. The van der Waals surface area contributed by atoms with Crippen molar-refractivity contribution in [2.24, 2.45) is 5.92 Å². The minimum Gasteiger partial charge on any atom is -0.464 e. The molecule has 0 aliphatic heterocycles. The maximum absolute atomic E-state index is 5.93. The van der Waals surface area contributed by atoms with Gasteiger partial charge in [-0.3, -0.25) is 4.98 Å². The average molecular weight is 278 g/mol. The van der Waals surface area contributed by atoms with Gasteiger partial charge in [-0.1, -0.05) is 25.1 Å². The molecule has 1 aromatic carbocycles. The standard InChI is InChI=1S/C18H18N2O/c1-12-10-15(12)17-8-7-14(21-17)11-20-16-6-2-4-13-5-3-9-19-18(13)16/h2-9,12,15,20H,10-11H2,1H3. The molecule has 3 aromatic rings. The minimum atomic E-state index is 0.637. The molecule has 1 N–H and O–H groups in total. The van der Waals surface area contributed by atoms with Gasteiger partial charge < -0.3 is 9.73 Å². The third-order valence-corrected chi connectivity index (χ3v) is 4.24. The van der Waals surface area contributed by atoms with Crippen LogP contribution in [0.25, 0.3) is 10.9 Å². The summed E-state index contributed by atoms with van der Waals surface area (Å²) in [6.07, 6.45) is 3.08. The molecule has 0 radical (unpaired) electrons. The lowest BCUT2D eigenvalue weighted by molar-refractivity contribution is 0.468. The van der Waals surface area contributed by atoms with Crippen LogP contribution in [-0.4, -0.2) is 4.98 Å². The summed E-state index contributed by atoms with van der Waals surface area (Å²) in [6, 6.07) is 14.4. The van der Waals surface area contributed by atoms with Gasteiger partial charge >= 0.3 is 0 Å². The first kappa shape index (κ1) is 12.5. The van der Waals surface area contributed by atoms with Gasteiger partial charge in [-0.25, -0.2) is 0 Å². The Morgan fingerprint density at radius 1 is 1.19 bits per heavy atom. The zero-order valence-corrected chi connectivity index (χ0v) is 12.0. The number of benzene rings is 1. The number of aromatic nitrogens is 1. The highest BCUT2D eigenvalue weighted by molar-refractivity contribution is 5.90. The molecule has 0 amide bonds. The number of para-hydroxylation sites is 1. The molecule has 2 atom stereocenters. The summed E-state index contributed by atoms with van der Waals surface area (Å²) < 4.78 is 5.93. The predicted octanol–water partition coefficient (Wildman–Crippen LogP) is 4.56. The van der Waals surface area contributed by atoms with Gasteiger partial charge in [0, 0.05) is 17.5 Å². The van der Waals surface area contributed by atoms with Gasteiger partial charge in [-0.15, -0.1) is 0 Å². The van der Waals surface area contributed by atoms with Crippen molar-refractivity contribution in [2.45, 2.75) is 25.8 Å². The second kappa shape index (κ2) is 4.92. The fourth-order valence-electron chi connectivity index (χ4n) is 2.84. The Hall–Kier alpha value is -2.29. The number of furan rings is 1. The minimum absolute atomic E-state index is 0.637. The molecule has 1 aliphatic carbocycles. The first-order valence-electron chi connectivity index (χ1n) is 7.47. The summed E-state index contributed by atoms with van der Waals surface area (Å²) in [5.41, 5.74) is 2.05. The molecule has 0 spiro atoms. The zero-order chi connectivity index (χ0) is 14.2. The van der Waals surface area contributed by atoms with Crippen molar-refractivity contribution in [1.82, 2.24) is 4.98 Å². The molecule has 4 rings (SSSR count). The van der Waals surface area contributed by atoms with Crippen LogP contribution in [0, 0.1) is 5.92 Å². The number of hydrogen-bond acceptors (Lipinski definition) is 3. The quantitative estimate of drug-likeness (QED) is 0.760. The van der Waals surface area contributed by atoms with Crippen LogP contribution in [0.3, 0.4) is 0 Å². The summed E-state index contributed by atoms with van der Waals surface area (Å²) in [4.78, 5) is 4.45. The first-order valence-corrected chi connectivity index (χ1v) is 7.47. The van der Waals surface area contributed by atoms with Gasteiger partial charge in [-0.2, -0.15) is 0 Å². The Labute approximate surface area is 124 Å². The monoisotopic (exact) mass is 278 g/mol. The third kappa shape index (κ3) is 2.40. The van der Waals surface area contributed by atoms with Crippen molar-refractivity contribution in [2.75, 3.05) is 5.32 Å². The van der Waals surface area contributed by atoms with Crippen LogP contribution in [-0.2, 0) is 6.54 Å². The molecule has 21 heavy (non-hydrogen) atoms. The van der Waals surface area contributed by atoms with E-state index >= 15 is 0 Å². The van der Waals surface area contributed by atoms with E-state index in [0.29, 0.717) is 12.5 Å². The number of pyridine rings is 1. The maximum Gasteiger partial charge on any atom is 0.123 e. The van der Waals surface area contributed by atoms with E-state index in [1.165, 1.54) is 6.42 Å². The van der Waals surface area contributed by atoms with Crippen LogP contribution in [0.5, 0.6) is 0 Å². The van der Waals surface area contributed by atoms with E-state index < -0.39 is 0 Å². The molecule has 1 aliphatic rings. The van der Waals surface area contributed by atoms with Crippen LogP contribution < -0.4 is 5.32 Å². The van der Waals surface area contributed by atoms with Crippen LogP contribution >= 0.6 is 0 Å². The molecule has 0 bridgehead atoms. The summed E-state index contributed by atoms with van der Waals surface area (Å²) in [7, 11) is 0. The second-order valence-corrected chi connectivity index (χ2v) is 5.86. The summed E-state index contributed by atoms with van der Waals surface area (Å²) in [5.74, 6) is 3.53. The Balaban J connectivity index is 1.52. The number of nitrogens with one attached hydrogen (secondary N) is 1. The highest BCUT2D eigenvalue weighted by atomic mass is 16.3. The largest absolute Gasteiger partial charge is 0.464 e. The van der Waals surface area contributed by atoms with Crippen molar-refractivity contribution in [3.8, 4) is 0 Å². The first-order chi connectivity index (χ1) is 10.3. The molecular formula is C18H18N2O. The number of hydrogen-bond donors (Lipinski definition) is 1. The van der Waals surface area contributed by atoms with Gasteiger partial charge in [-0.05, 0) is 36.6 Å². The smallest absolute Gasteiger partial charge is 0.123 e. The second-order valence-electron chi connectivity index (χ2n) is 5.86. The third-order valence-electron chi connectivity index (χ3n) is 4.24. The van der Waals surface area contributed by atoms with Gasteiger partial charge in [0.25, 0.3) is 0 Å². The van der Waals surface area contributed by atoms with E-state index in [9.17, 15) is 0 Å². The highest BCUT2D eigenvalue weighted by Crippen LogP contribution is 2.47. The molecular weight excluding hydrogens is 260 g/mol. The average Bonchev–Trinajstić information content (AvgIpc) is 3.07. The lowest BCUT2D eigenvalue weighted by Gasteiger charge is -2.07. The number of fused-ring (bicyclic) bond motifs is 1. The molecule has 3 heteroatoms. The summed E-state index contributed by atoms with van der Waals surface area (Å²) in [6.45, 7) is 2.96. The Bertz CT molecular complexity index is 772. The van der Waals surface area contributed by atoms with Gasteiger partial charge in [0.2, 0.25) is 0 Å². The molecule has 2 aromatic heterocycles. The molecule has 1 fully saturated rings. The SMILES string of the molecule is CC1CC1c1ccc(CNc2cccc3cccnc23)o1. The Morgan fingerprint density at radius 3 is 2.90 bits per heavy atom. The lowest BCUT2D eigenvalue weighted by atomic mass is 10.2. The van der Waals surface area contributed by atoms with Gasteiger partial charge in [0.15, 0.2) is 0 Å². The summed E-state index contributed by atoms with van der Waals surface area (Å²) >= 11 is 0. The van der Waals surface area contributed by atoms with E-state index in [4.69, 9.17) is 4.42 Å². The van der Waals surface area contributed by atoms with Crippen LogP contribution in [0.2, 0.25) is 0 Å². The fraction of sp³-hybridized carbons (Fsp3) is 0.278. The molecule has 3 nitrogen and oxygen atoms in total. The Morgan fingerprint density at radius 2 is 2.05 bits per heavy atom. The number of anilines is 1. The Kier molecular flexibility index (Phi) is 2.92. The van der Waals surface area contributed by atoms with Gasteiger partial charge in [0.1, 0.15) is 11.5 Å². The number of nitrogens with zero attached hydrogens (tertiary/aromatic N) is 1. The fourth-order valence-corrected chi connectivity index (χ4v) is 2.84. The van der Waals surface area contributed by atoms with Crippen molar-refractivity contribution in [3.63, 3.8) is 0 Å². The van der Waals surface area contributed by atoms with Crippen molar-refractivity contribution >= 4 is 16.6 Å². The van der Waals surface area contributed by atoms with E-state index in [0.717, 1.165) is 34.0 Å². The normalized spacial score (nSPS) is 20.6. The molecule has 0 saturated heterocycles. The van der Waals surface area contributed by atoms with Crippen molar-refractivity contribution in [1.29, 1.82) is 0 Å². The number of rotatable bonds is 4. The lowest BCUT2D eigenvalue weighted by Crippen LogP contribution is -1.99. The maximum atomic E-state index is 5.93. The van der Waals surface area contributed by atoms with Crippen molar-refractivity contribution in [3.05, 3.63) is 60.2 Å². The predicted molar refractivity (Wildman–Crippen MR) is 84.3 cm³/mol. The van der Waals surface area contributed by atoms with E-state index in [1.54, 1.807) is 0 Å². The topological polar surface area (TPSA) is 38.1 Å². The van der Waals surface area contributed by atoms with Crippen LogP contribution in [0.15, 0.2) is 53.1 Å². The highest BCUT2D eigenvalue weighted by Gasteiger charge is 2.36. The van der Waals surface area contributed by atoms with E-state index in [1.807, 2.05) is 18.3 Å². The molecule has 2 heterocycles. The van der Waals surface area contributed by atoms with Crippen molar-refractivity contribution < 1.29 is 4.42 Å². The van der Waals surface area contributed by atoms with E-state index in [-0.39, 0.29) is 0 Å². The summed E-state index contributed by atoms with van der Waals surface area (Å²) in [5, 5.41) is 4.58. The molecule has 1 saturated carbocycles. The van der Waals surface area contributed by atoms with Gasteiger partial charge in [0.05, 0.1) is 17.7 Å². The molecule has 2 unspecified atom stereocenters.